The summed E-state index contributed by atoms with van der Waals surface area (Å²) in [5.74, 6) is 0.883. The highest BCUT2D eigenvalue weighted by Crippen LogP contribution is 2.41. The highest BCUT2D eigenvalue weighted by molar-refractivity contribution is 5.99. The van der Waals surface area contributed by atoms with E-state index in [1.807, 2.05) is 24.8 Å². The summed E-state index contributed by atoms with van der Waals surface area (Å²) in [4.78, 5) is 21.0. The number of hydrogen-bond donors (Lipinski definition) is 1. The molecule has 29 heavy (non-hydrogen) atoms. The minimum Gasteiger partial charge on any atom is -0.361 e. The van der Waals surface area contributed by atoms with Crippen LogP contribution in [-0.4, -0.2) is 51.5 Å². The number of aromatic amines is 1. The second-order valence-corrected chi connectivity index (χ2v) is 7.91. The molecule has 0 bridgehead atoms. The first-order valence-electron chi connectivity index (χ1n) is 10.4. The van der Waals surface area contributed by atoms with E-state index in [-0.39, 0.29) is 17.9 Å². The number of carbonyl (C=O) groups is 1. The minimum atomic E-state index is -0.153. The van der Waals surface area contributed by atoms with E-state index in [2.05, 4.69) is 45.5 Å². The summed E-state index contributed by atoms with van der Waals surface area (Å²) in [5, 5.41) is 5.16. The highest BCUT2D eigenvalue weighted by Gasteiger charge is 2.38. The Balaban J connectivity index is 1.59. The van der Waals surface area contributed by atoms with Crippen LogP contribution in [0.5, 0.6) is 0 Å². The summed E-state index contributed by atoms with van der Waals surface area (Å²) >= 11 is 0. The lowest BCUT2D eigenvalue weighted by molar-refractivity contribution is -0.134. The Morgan fingerprint density at radius 3 is 2.93 bits per heavy atom. The van der Waals surface area contributed by atoms with Crippen molar-refractivity contribution in [3.8, 4) is 0 Å². The highest BCUT2D eigenvalue weighted by atomic mass is 16.5. The van der Waals surface area contributed by atoms with Gasteiger partial charge in [-0.15, -0.1) is 0 Å². The molecule has 3 aromatic rings. The first-order chi connectivity index (χ1) is 14.2. The molecule has 0 unspecified atom stereocenters. The molecule has 5 rings (SSSR count). The molecule has 1 amide bonds. The fraction of sp³-hybridized carbons (Fsp3) is 0.391. The predicted octanol–water partition coefficient (Wildman–Crippen LogP) is 3.46. The van der Waals surface area contributed by atoms with Crippen LogP contribution in [0.25, 0.3) is 16.5 Å². The summed E-state index contributed by atoms with van der Waals surface area (Å²) in [6, 6.07) is 8.54. The van der Waals surface area contributed by atoms with Gasteiger partial charge < -0.3 is 14.4 Å². The summed E-state index contributed by atoms with van der Waals surface area (Å²) in [5.41, 5.74) is 5.01. The fourth-order valence-electron chi connectivity index (χ4n) is 4.95. The average molecular weight is 390 g/mol. The molecule has 2 aromatic heterocycles. The molecule has 2 aliphatic rings. The Labute approximate surface area is 170 Å². The largest absolute Gasteiger partial charge is 0.361 e. The lowest BCUT2D eigenvalue weighted by atomic mass is 9.79. The van der Waals surface area contributed by atoms with Crippen LogP contribution >= 0.6 is 0 Å². The number of H-pyrrole nitrogens is 1. The summed E-state index contributed by atoms with van der Waals surface area (Å²) < 4.78 is 5.40. The van der Waals surface area contributed by atoms with E-state index in [0.717, 1.165) is 30.8 Å². The van der Waals surface area contributed by atoms with Gasteiger partial charge in [0.25, 0.3) is 0 Å². The van der Waals surface area contributed by atoms with Crippen LogP contribution in [0.3, 0.4) is 0 Å². The van der Waals surface area contributed by atoms with Crippen molar-refractivity contribution in [2.45, 2.75) is 32.9 Å². The maximum absolute atomic E-state index is 13.2. The molecule has 0 radical (unpaired) electrons. The number of aromatic nitrogens is 2. The van der Waals surface area contributed by atoms with Gasteiger partial charge >= 0.3 is 0 Å². The van der Waals surface area contributed by atoms with Crippen molar-refractivity contribution in [3.63, 3.8) is 0 Å². The third-order valence-corrected chi connectivity index (χ3v) is 6.37. The van der Waals surface area contributed by atoms with Crippen molar-refractivity contribution in [2.24, 2.45) is 5.92 Å². The van der Waals surface area contributed by atoms with Gasteiger partial charge in [-0.05, 0) is 43.0 Å². The van der Waals surface area contributed by atoms with Gasteiger partial charge in [0.05, 0.1) is 18.7 Å². The molecule has 0 spiro atoms. The number of rotatable bonds is 5. The molecule has 6 nitrogen and oxygen atoms in total. The van der Waals surface area contributed by atoms with Gasteiger partial charge in [-0.3, -0.25) is 9.69 Å². The molecule has 0 saturated heterocycles. The SMILES string of the molecule is CCN(CC)C(=O)[C@@H]1C=C2c3cccc4[nH]cc(c34)C[C@H]2N(Cc2ccno2)C1. The molecule has 1 N–H and O–H groups in total. The van der Waals surface area contributed by atoms with Gasteiger partial charge in [0.2, 0.25) is 5.91 Å². The second kappa shape index (κ2) is 7.19. The van der Waals surface area contributed by atoms with Crippen molar-refractivity contribution in [3.05, 3.63) is 59.6 Å². The van der Waals surface area contributed by atoms with E-state index in [9.17, 15) is 4.79 Å². The van der Waals surface area contributed by atoms with Gasteiger partial charge in [-0.1, -0.05) is 23.4 Å². The Bertz CT molecular complexity index is 1060. The molecule has 150 valence electrons. The molecule has 6 heteroatoms. The smallest absolute Gasteiger partial charge is 0.230 e. The number of amides is 1. The number of fused-ring (bicyclic) bond motifs is 2. The van der Waals surface area contributed by atoms with E-state index >= 15 is 0 Å². The summed E-state index contributed by atoms with van der Waals surface area (Å²) in [6.07, 6.45) is 6.97. The fourth-order valence-corrected chi connectivity index (χ4v) is 4.95. The average Bonchev–Trinajstić information content (AvgIpc) is 3.40. The van der Waals surface area contributed by atoms with Crippen LogP contribution < -0.4 is 0 Å². The summed E-state index contributed by atoms with van der Waals surface area (Å²) in [6.45, 7) is 6.90. The standard InChI is InChI=1S/C23H26N4O2/c1-3-26(4-2)23(28)16-10-19-18-6-5-7-20-22(18)15(12-24-20)11-21(19)27(13-16)14-17-8-9-25-29-17/h5-10,12,16,21,24H,3-4,11,13-14H2,1-2H3/t16-,21-/m1/s1. The van der Waals surface area contributed by atoms with Crippen LogP contribution in [0.4, 0.5) is 0 Å². The quantitative estimate of drug-likeness (QED) is 0.725. The van der Waals surface area contributed by atoms with Crippen molar-refractivity contribution in [1.29, 1.82) is 0 Å². The molecular weight excluding hydrogens is 364 g/mol. The molecule has 2 atom stereocenters. The molecule has 0 fully saturated rings. The second-order valence-electron chi connectivity index (χ2n) is 7.91. The zero-order valence-electron chi connectivity index (χ0n) is 16.9. The van der Waals surface area contributed by atoms with Gasteiger partial charge in [0.15, 0.2) is 5.76 Å². The Morgan fingerprint density at radius 1 is 1.31 bits per heavy atom. The van der Waals surface area contributed by atoms with Gasteiger partial charge in [-0.25, -0.2) is 0 Å². The first kappa shape index (κ1) is 18.2. The van der Waals surface area contributed by atoms with Crippen molar-refractivity contribution in [1.82, 2.24) is 19.9 Å². The van der Waals surface area contributed by atoms with E-state index in [0.29, 0.717) is 13.1 Å². The van der Waals surface area contributed by atoms with Crippen LogP contribution in [0.2, 0.25) is 0 Å². The predicted molar refractivity (Wildman–Crippen MR) is 112 cm³/mol. The molecule has 1 aromatic carbocycles. The molecular formula is C23H26N4O2. The first-order valence-corrected chi connectivity index (χ1v) is 10.4. The molecule has 1 aliphatic heterocycles. The zero-order chi connectivity index (χ0) is 20.0. The van der Waals surface area contributed by atoms with E-state index < -0.39 is 0 Å². The third-order valence-electron chi connectivity index (χ3n) is 6.37. The van der Waals surface area contributed by atoms with E-state index in [1.54, 1.807) is 6.20 Å². The Hall–Kier alpha value is -2.86. The van der Waals surface area contributed by atoms with Crippen LogP contribution in [0, 0.1) is 5.92 Å². The number of nitrogens with one attached hydrogen (secondary N) is 1. The third kappa shape index (κ3) is 2.99. The lowest BCUT2D eigenvalue weighted by Crippen LogP contribution is -2.48. The number of nitrogens with zero attached hydrogens (tertiary/aromatic N) is 3. The molecule has 0 saturated carbocycles. The van der Waals surface area contributed by atoms with E-state index in [4.69, 9.17) is 4.52 Å². The molecule has 1 aliphatic carbocycles. The maximum Gasteiger partial charge on any atom is 0.230 e. The molecule has 3 heterocycles. The van der Waals surface area contributed by atoms with Crippen molar-refractivity contribution in [2.75, 3.05) is 19.6 Å². The normalized spacial score (nSPS) is 21.1. The van der Waals surface area contributed by atoms with E-state index in [1.165, 1.54) is 22.1 Å². The Morgan fingerprint density at radius 2 is 2.17 bits per heavy atom. The van der Waals surface area contributed by atoms with Crippen LogP contribution in [0.1, 0.15) is 30.7 Å². The topological polar surface area (TPSA) is 65.4 Å². The van der Waals surface area contributed by atoms with Crippen molar-refractivity contribution < 1.29 is 9.32 Å². The van der Waals surface area contributed by atoms with Gasteiger partial charge in [-0.2, -0.15) is 0 Å². The van der Waals surface area contributed by atoms with Gasteiger partial charge in [0, 0.05) is 48.8 Å². The maximum atomic E-state index is 13.2. The lowest BCUT2D eigenvalue weighted by Gasteiger charge is -2.42. The number of benzene rings is 1. The van der Waals surface area contributed by atoms with Crippen LogP contribution in [-0.2, 0) is 17.8 Å². The minimum absolute atomic E-state index is 0.153. The van der Waals surface area contributed by atoms with Gasteiger partial charge in [0.1, 0.15) is 0 Å². The monoisotopic (exact) mass is 390 g/mol. The zero-order valence-corrected chi connectivity index (χ0v) is 16.9. The van der Waals surface area contributed by atoms with Crippen molar-refractivity contribution >= 4 is 22.4 Å². The number of hydrogen-bond acceptors (Lipinski definition) is 4. The summed E-state index contributed by atoms with van der Waals surface area (Å²) in [7, 11) is 0. The Kier molecular flexibility index (Phi) is 4.51. The number of carbonyl (C=O) groups excluding carboxylic acids is 1. The van der Waals surface area contributed by atoms with Crippen LogP contribution in [0.15, 0.2) is 47.3 Å².